The summed E-state index contributed by atoms with van der Waals surface area (Å²) in [4.78, 5) is 16.1. The number of methoxy groups -OCH3 is 1. The molecule has 0 amide bonds. The normalized spacial score (nSPS) is 11.1. The minimum atomic E-state index is -0.493. The van der Waals surface area contributed by atoms with Crippen LogP contribution in [0.5, 0.6) is 5.75 Å². The van der Waals surface area contributed by atoms with Crippen molar-refractivity contribution in [2.75, 3.05) is 13.7 Å². The second-order valence-electron chi connectivity index (χ2n) is 8.05. The van der Waals surface area contributed by atoms with E-state index in [1.54, 1.807) is 26.2 Å². The molecule has 2 aromatic carbocycles. The van der Waals surface area contributed by atoms with E-state index in [-0.39, 0.29) is 37.8 Å². The van der Waals surface area contributed by atoms with Crippen LogP contribution in [0.15, 0.2) is 57.6 Å². The maximum atomic E-state index is 15.2. The van der Waals surface area contributed by atoms with Gasteiger partial charge in [-0.2, -0.15) is 0 Å². The summed E-state index contributed by atoms with van der Waals surface area (Å²) in [7, 11) is 1.58. The molecule has 4 rings (SSSR count). The van der Waals surface area contributed by atoms with E-state index in [4.69, 9.17) is 24.4 Å². The van der Waals surface area contributed by atoms with E-state index in [9.17, 15) is 4.79 Å². The van der Waals surface area contributed by atoms with Crippen molar-refractivity contribution in [3.05, 3.63) is 81.5 Å². The minimum Gasteiger partial charge on any atom is -0.489 e. The molecule has 2 heterocycles. The molecule has 0 spiro atoms. The number of hydrogen-bond donors (Lipinski definition) is 1. The fraction of sp³-hybridized carbons (Fsp3) is 0.259. The first-order valence-electron chi connectivity index (χ1n) is 11.4. The van der Waals surface area contributed by atoms with Crippen molar-refractivity contribution in [3.8, 4) is 16.9 Å². The number of esters is 1. The number of carbonyl (C=O) groups is 1. The Kier molecular flexibility index (Phi) is 8.35. The molecule has 0 radical (unpaired) electrons. The first-order valence-corrected chi connectivity index (χ1v) is 12.2. The Hall–Kier alpha value is -3.27. The lowest BCUT2D eigenvalue weighted by Crippen LogP contribution is -2.09. The summed E-state index contributed by atoms with van der Waals surface area (Å²) in [5.41, 5.74) is 8.76. The fourth-order valence-corrected chi connectivity index (χ4v) is 4.28. The average molecular weight is 557 g/mol. The van der Waals surface area contributed by atoms with Crippen molar-refractivity contribution < 1.29 is 27.8 Å². The molecule has 0 aliphatic heterocycles. The van der Waals surface area contributed by atoms with Crippen LogP contribution in [-0.2, 0) is 40.4 Å². The van der Waals surface area contributed by atoms with E-state index in [0.29, 0.717) is 40.4 Å². The standard InChI is InChI=1S/C27H26BrFN2O5/c1-3-34-25(32)11-17-4-5-19(28)12-24(17)35-14-16-8-18-10-20(15-33-2)36-27(18)22(9-16)21-6-7-31-23(13-30)26(21)29/h4-10,12H,3,11,13-15,30H2,1-2H3. The molecule has 0 saturated heterocycles. The zero-order valence-electron chi connectivity index (χ0n) is 20.0. The summed E-state index contributed by atoms with van der Waals surface area (Å²) in [5.74, 6) is 0.338. The van der Waals surface area contributed by atoms with E-state index in [2.05, 4.69) is 20.9 Å². The number of furan rings is 1. The summed E-state index contributed by atoms with van der Waals surface area (Å²) >= 11 is 3.46. The first-order chi connectivity index (χ1) is 17.4. The van der Waals surface area contributed by atoms with Crippen molar-refractivity contribution >= 4 is 32.9 Å². The number of hydrogen-bond acceptors (Lipinski definition) is 7. The zero-order chi connectivity index (χ0) is 25.7. The van der Waals surface area contributed by atoms with Gasteiger partial charge in [-0.1, -0.05) is 22.0 Å². The fourth-order valence-electron chi connectivity index (χ4n) is 3.94. The Labute approximate surface area is 216 Å². The molecular weight excluding hydrogens is 531 g/mol. The third-order valence-electron chi connectivity index (χ3n) is 5.52. The van der Waals surface area contributed by atoms with Gasteiger partial charge >= 0.3 is 5.97 Å². The van der Waals surface area contributed by atoms with Gasteiger partial charge in [-0.25, -0.2) is 4.39 Å². The van der Waals surface area contributed by atoms with Crippen LogP contribution >= 0.6 is 15.9 Å². The highest BCUT2D eigenvalue weighted by atomic mass is 79.9. The molecule has 0 aliphatic carbocycles. The largest absolute Gasteiger partial charge is 0.489 e. The van der Waals surface area contributed by atoms with Gasteiger partial charge in [0.25, 0.3) is 0 Å². The Morgan fingerprint density at radius 1 is 1.14 bits per heavy atom. The summed E-state index contributed by atoms with van der Waals surface area (Å²) in [5, 5.41) is 0.782. The molecule has 2 aromatic heterocycles. The Morgan fingerprint density at radius 2 is 1.97 bits per heavy atom. The molecule has 2 N–H and O–H groups in total. The smallest absolute Gasteiger partial charge is 0.310 e. The molecule has 9 heteroatoms. The Balaban J connectivity index is 1.72. The van der Waals surface area contributed by atoms with Crippen molar-refractivity contribution in [3.63, 3.8) is 0 Å². The van der Waals surface area contributed by atoms with E-state index in [1.165, 1.54) is 6.20 Å². The third-order valence-corrected chi connectivity index (χ3v) is 6.02. The summed E-state index contributed by atoms with van der Waals surface area (Å²) in [6.45, 7) is 2.51. The Morgan fingerprint density at radius 3 is 2.72 bits per heavy atom. The van der Waals surface area contributed by atoms with Crippen LogP contribution in [0.3, 0.4) is 0 Å². The van der Waals surface area contributed by atoms with Crippen molar-refractivity contribution in [2.24, 2.45) is 5.73 Å². The van der Waals surface area contributed by atoms with Crippen LogP contribution in [0, 0.1) is 5.82 Å². The second-order valence-corrected chi connectivity index (χ2v) is 8.97. The topological polar surface area (TPSA) is 96.8 Å². The molecule has 0 aliphatic rings. The number of ether oxygens (including phenoxy) is 3. The maximum Gasteiger partial charge on any atom is 0.310 e. The molecule has 0 atom stereocenters. The number of aromatic nitrogens is 1. The molecule has 0 fully saturated rings. The van der Waals surface area contributed by atoms with Crippen molar-refractivity contribution in [2.45, 2.75) is 33.1 Å². The van der Waals surface area contributed by atoms with Gasteiger partial charge in [0.2, 0.25) is 0 Å². The molecule has 0 bridgehead atoms. The van der Waals surface area contributed by atoms with Crippen molar-refractivity contribution in [1.29, 1.82) is 0 Å². The molecule has 188 valence electrons. The minimum absolute atomic E-state index is 0.0230. The molecule has 0 unspecified atom stereocenters. The predicted molar refractivity (Wildman–Crippen MR) is 137 cm³/mol. The van der Waals surface area contributed by atoms with Gasteiger partial charge in [-0.3, -0.25) is 9.78 Å². The van der Waals surface area contributed by atoms with Gasteiger partial charge in [0.05, 0.1) is 18.7 Å². The molecule has 36 heavy (non-hydrogen) atoms. The quantitative estimate of drug-likeness (QED) is 0.251. The highest BCUT2D eigenvalue weighted by Crippen LogP contribution is 2.35. The van der Waals surface area contributed by atoms with Crippen LogP contribution in [0.25, 0.3) is 22.1 Å². The van der Waals surface area contributed by atoms with E-state index >= 15 is 4.39 Å². The van der Waals surface area contributed by atoms with E-state index < -0.39 is 5.82 Å². The molecule has 4 aromatic rings. The maximum absolute atomic E-state index is 15.2. The number of carbonyl (C=O) groups excluding carboxylic acids is 1. The van der Waals surface area contributed by atoms with Gasteiger partial charge in [0.15, 0.2) is 5.82 Å². The van der Waals surface area contributed by atoms with Crippen LogP contribution < -0.4 is 10.5 Å². The number of nitrogens with two attached hydrogens (primary N) is 1. The number of halogens is 2. The molecule has 0 saturated carbocycles. The SMILES string of the molecule is CCOC(=O)Cc1ccc(Br)cc1OCc1cc(-c2ccnc(CN)c2F)c2oc(COC)cc2c1. The number of rotatable bonds is 10. The van der Waals surface area contributed by atoms with Crippen LogP contribution in [0.4, 0.5) is 4.39 Å². The van der Waals surface area contributed by atoms with Crippen LogP contribution in [0.2, 0.25) is 0 Å². The van der Waals surface area contributed by atoms with E-state index in [0.717, 1.165) is 15.4 Å². The van der Waals surface area contributed by atoms with E-state index in [1.807, 2.05) is 30.3 Å². The Bertz CT molecular complexity index is 1390. The van der Waals surface area contributed by atoms with Crippen LogP contribution in [-0.4, -0.2) is 24.7 Å². The summed E-state index contributed by atoms with van der Waals surface area (Å²) in [6.07, 6.45) is 1.62. The highest BCUT2D eigenvalue weighted by Gasteiger charge is 2.18. The van der Waals surface area contributed by atoms with Gasteiger partial charge < -0.3 is 24.4 Å². The van der Waals surface area contributed by atoms with Crippen molar-refractivity contribution in [1.82, 2.24) is 4.98 Å². The highest BCUT2D eigenvalue weighted by molar-refractivity contribution is 9.10. The number of pyridine rings is 1. The average Bonchev–Trinajstić information content (AvgIpc) is 3.27. The number of nitrogens with zero attached hydrogens (tertiary/aromatic N) is 1. The first kappa shape index (κ1) is 25.8. The number of fused-ring (bicyclic) bond motifs is 1. The predicted octanol–water partition coefficient (Wildman–Crippen LogP) is 5.69. The molecule has 7 nitrogen and oxygen atoms in total. The second kappa shape index (κ2) is 11.6. The summed E-state index contributed by atoms with van der Waals surface area (Å²) < 4.78 is 38.5. The number of benzene rings is 2. The summed E-state index contributed by atoms with van der Waals surface area (Å²) in [6, 6.07) is 12.7. The lowest BCUT2D eigenvalue weighted by atomic mass is 10.00. The lowest BCUT2D eigenvalue weighted by molar-refractivity contribution is -0.142. The lowest BCUT2D eigenvalue weighted by Gasteiger charge is -2.14. The third kappa shape index (κ3) is 5.75. The van der Waals surface area contributed by atoms with Crippen LogP contribution in [0.1, 0.15) is 29.5 Å². The zero-order valence-corrected chi connectivity index (χ0v) is 21.6. The van der Waals surface area contributed by atoms with Gasteiger partial charge in [-0.15, -0.1) is 0 Å². The monoisotopic (exact) mass is 556 g/mol. The van der Waals surface area contributed by atoms with Gasteiger partial charge in [0.1, 0.15) is 30.3 Å². The van der Waals surface area contributed by atoms with Gasteiger partial charge in [0, 0.05) is 46.4 Å². The molecular formula is C27H26BrFN2O5. The van der Waals surface area contributed by atoms with Gasteiger partial charge in [-0.05, 0) is 48.9 Å².